The van der Waals surface area contributed by atoms with Crippen molar-refractivity contribution in [2.75, 3.05) is 34.2 Å². The average Bonchev–Trinajstić information content (AvgIpc) is 2.56. The Labute approximate surface area is 149 Å². The van der Waals surface area contributed by atoms with E-state index in [1.807, 2.05) is 64.5 Å². The number of carbonyl (C=O) groups excluding carboxylic acids is 1. The van der Waals surface area contributed by atoms with Crippen molar-refractivity contribution >= 4 is 17.5 Å². The van der Waals surface area contributed by atoms with Gasteiger partial charge in [0.2, 0.25) is 0 Å². The van der Waals surface area contributed by atoms with Gasteiger partial charge in [-0.25, -0.2) is 0 Å². The summed E-state index contributed by atoms with van der Waals surface area (Å²) in [4.78, 5) is 16.4. The molecule has 4 heteroatoms. The predicted molar refractivity (Wildman–Crippen MR) is 102 cm³/mol. The standard InChI is InChI=1S/C20H25ClN2O/c1-15-14-18(10-11-19(15)21)16-6-8-17(9-7-16)20(24)23(4)13-5-12-22(2)3/h6-11,14H,5,12-13H2,1-4H3. The number of benzene rings is 2. The number of amides is 1. The second kappa shape index (κ2) is 8.32. The van der Waals surface area contributed by atoms with Crippen LogP contribution in [0.1, 0.15) is 22.3 Å². The summed E-state index contributed by atoms with van der Waals surface area (Å²) in [6.07, 6.45) is 0.970. The first-order valence-corrected chi connectivity index (χ1v) is 8.53. The zero-order valence-corrected chi connectivity index (χ0v) is 15.6. The molecule has 0 aliphatic carbocycles. The molecular formula is C20H25ClN2O. The summed E-state index contributed by atoms with van der Waals surface area (Å²) in [5.41, 5.74) is 3.96. The summed E-state index contributed by atoms with van der Waals surface area (Å²) in [7, 11) is 5.94. The topological polar surface area (TPSA) is 23.6 Å². The largest absolute Gasteiger partial charge is 0.342 e. The third-order valence-electron chi connectivity index (χ3n) is 4.07. The minimum absolute atomic E-state index is 0.0626. The van der Waals surface area contributed by atoms with E-state index in [2.05, 4.69) is 11.0 Å². The van der Waals surface area contributed by atoms with E-state index in [9.17, 15) is 4.79 Å². The van der Waals surface area contributed by atoms with E-state index in [0.29, 0.717) is 0 Å². The molecule has 0 saturated carbocycles. The summed E-state index contributed by atoms with van der Waals surface area (Å²) in [5.74, 6) is 0.0626. The maximum atomic E-state index is 12.5. The van der Waals surface area contributed by atoms with Gasteiger partial charge in [-0.1, -0.05) is 29.8 Å². The maximum absolute atomic E-state index is 12.5. The lowest BCUT2D eigenvalue weighted by atomic mass is 10.0. The van der Waals surface area contributed by atoms with E-state index in [0.717, 1.165) is 46.8 Å². The van der Waals surface area contributed by atoms with E-state index in [1.54, 1.807) is 4.90 Å². The SMILES string of the molecule is Cc1cc(-c2ccc(C(=O)N(C)CCCN(C)C)cc2)ccc1Cl. The maximum Gasteiger partial charge on any atom is 0.253 e. The third-order valence-corrected chi connectivity index (χ3v) is 4.49. The summed E-state index contributed by atoms with van der Waals surface area (Å²) >= 11 is 6.08. The Hall–Kier alpha value is -1.84. The molecular weight excluding hydrogens is 320 g/mol. The van der Waals surface area contributed by atoms with Crippen LogP contribution >= 0.6 is 11.6 Å². The number of nitrogens with zero attached hydrogens (tertiary/aromatic N) is 2. The molecule has 2 aromatic carbocycles. The van der Waals surface area contributed by atoms with E-state index in [4.69, 9.17) is 11.6 Å². The third kappa shape index (κ3) is 4.83. The zero-order chi connectivity index (χ0) is 17.7. The molecule has 24 heavy (non-hydrogen) atoms. The van der Waals surface area contributed by atoms with E-state index in [1.165, 1.54) is 0 Å². The van der Waals surface area contributed by atoms with E-state index < -0.39 is 0 Å². The molecule has 0 fully saturated rings. The lowest BCUT2D eigenvalue weighted by Gasteiger charge is -2.18. The van der Waals surface area contributed by atoms with Crippen LogP contribution in [0.2, 0.25) is 5.02 Å². The second-order valence-corrected chi connectivity index (χ2v) is 6.83. The predicted octanol–water partition coefficient (Wildman–Crippen LogP) is 4.34. The van der Waals surface area contributed by atoms with Gasteiger partial charge in [-0.15, -0.1) is 0 Å². The van der Waals surface area contributed by atoms with Gasteiger partial charge in [0.1, 0.15) is 0 Å². The lowest BCUT2D eigenvalue weighted by Crippen LogP contribution is -2.29. The van der Waals surface area contributed by atoms with Crippen LogP contribution in [0.5, 0.6) is 0 Å². The van der Waals surface area contributed by atoms with E-state index in [-0.39, 0.29) is 5.91 Å². The first-order valence-electron chi connectivity index (χ1n) is 8.15. The fraction of sp³-hybridized carbons (Fsp3) is 0.350. The van der Waals surface area contributed by atoms with Crippen LogP contribution in [0.3, 0.4) is 0 Å². The molecule has 3 nitrogen and oxygen atoms in total. The van der Waals surface area contributed by atoms with Crippen LogP contribution in [0.15, 0.2) is 42.5 Å². The molecule has 128 valence electrons. The van der Waals surface area contributed by atoms with Crippen LogP contribution in [0.4, 0.5) is 0 Å². The molecule has 0 aliphatic rings. The monoisotopic (exact) mass is 344 g/mol. The highest BCUT2D eigenvalue weighted by atomic mass is 35.5. The van der Waals surface area contributed by atoms with Crippen molar-refractivity contribution < 1.29 is 4.79 Å². The van der Waals surface area contributed by atoms with Crippen LogP contribution in [-0.2, 0) is 0 Å². The molecule has 0 heterocycles. The number of aryl methyl sites for hydroxylation is 1. The molecule has 0 saturated heterocycles. The number of rotatable bonds is 6. The molecule has 2 rings (SSSR count). The van der Waals surface area contributed by atoms with Crippen molar-refractivity contribution in [3.63, 3.8) is 0 Å². The lowest BCUT2D eigenvalue weighted by molar-refractivity contribution is 0.0790. The summed E-state index contributed by atoms with van der Waals surface area (Å²) < 4.78 is 0. The number of halogens is 1. The van der Waals surface area contributed by atoms with Gasteiger partial charge in [-0.3, -0.25) is 4.79 Å². The van der Waals surface area contributed by atoms with Gasteiger partial charge in [0.05, 0.1) is 0 Å². The summed E-state index contributed by atoms with van der Waals surface area (Å²) in [6.45, 7) is 3.73. The van der Waals surface area contributed by atoms with Crippen LogP contribution in [0.25, 0.3) is 11.1 Å². The highest BCUT2D eigenvalue weighted by Crippen LogP contribution is 2.25. The Kier molecular flexibility index (Phi) is 6.41. The Morgan fingerprint density at radius 3 is 2.17 bits per heavy atom. The van der Waals surface area contributed by atoms with Crippen molar-refractivity contribution in [2.45, 2.75) is 13.3 Å². The van der Waals surface area contributed by atoms with Crippen molar-refractivity contribution in [1.29, 1.82) is 0 Å². The van der Waals surface area contributed by atoms with Gasteiger partial charge in [0.15, 0.2) is 0 Å². The molecule has 0 aliphatic heterocycles. The molecule has 1 amide bonds. The summed E-state index contributed by atoms with van der Waals surface area (Å²) in [5, 5.41) is 0.768. The number of carbonyl (C=O) groups is 1. The quantitative estimate of drug-likeness (QED) is 0.778. The Balaban J connectivity index is 2.05. The molecule has 0 N–H and O–H groups in total. The smallest absolute Gasteiger partial charge is 0.253 e. The first kappa shape index (κ1) is 18.5. The normalized spacial score (nSPS) is 10.9. The van der Waals surface area contributed by atoms with Gasteiger partial charge in [-0.2, -0.15) is 0 Å². The molecule has 0 spiro atoms. The molecule has 0 aromatic heterocycles. The molecule has 0 bridgehead atoms. The van der Waals surface area contributed by atoms with Crippen molar-refractivity contribution in [3.8, 4) is 11.1 Å². The minimum atomic E-state index is 0.0626. The minimum Gasteiger partial charge on any atom is -0.342 e. The second-order valence-electron chi connectivity index (χ2n) is 6.42. The van der Waals surface area contributed by atoms with Gasteiger partial charge >= 0.3 is 0 Å². The van der Waals surface area contributed by atoms with Crippen molar-refractivity contribution in [2.24, 2.45) is 0 Å². The molecule has 0 atom stereocenters. The molecule has 2 aromatic rings. The Morgan fingerprint density at radius 1 is 0.958 bits per heavy atom. The first-order chi connectivity index (χ1) is 11.4. The summed E-state index contributed by atoms with van der Waals surface area (Å²) in [6, 6.07) is 13.7. The molecule has 0 radical (unpaired) electrons. The highest BCUT2D eigenvalue weighted by molar-refractivity contribution is 6.31. The van der Waals surface area contributed by atoms with Crippen molar-refractivity contribution in [3.05, 3.63) is 58.6 Å². The van der Waals surface area contributed by atoms with Gasteiger partial charge in [-0.05, 0) is 74.9 Å². The highest BCUT2D eigenvalue weighted by Gasteiger charge is 2.11. The van der Waals surface area contributed by atoms with Gasteiger partial charge in [0.25, 0.3) is 5.91 Å². The molecule has 0 unspecified atom stereocenters. The van der Waals surface area contributed by atoms with Crippen LogP contribution < -0.4 is 0 Å². The van der Waals surface area contributed by atoms with Crippen LogP contribution in [-0.4, -0.2) is 49.9 Å². The van der Waals surface area contributed by atoms with E-state index >= 15 is 0 Å². The fourth-order valence-corrected chi connectivity index (χ4v) is 2.69. The number of hydrogen-bond donors (Lipinski definition) is 0. The van der Waals surface area contributed by atoms with Crippen LogP contribution in [0, 0.1) is 6.92 Å². The number of hydrogen-bond acceptors (Lipinski definition) is 2. The Morgan fingerprint density at radius 2 is 1.58 bits per heavy atom. The van der Waals surface area contributed by atoms with Gasteiger partial charge < -0.3 is 9.80 Å². The van der Waals surface area contributed by atoms with Crippen molar-refractivity contribution in [1.82, 2.24) is 9.80 Å². The zero-order valence-electron chi connectivity index (χ0n) is 14.8. The van der Waals surface area contributed by atoms with Gasteiger partial charge in [0, 0.05) is 24.2 Å². The fourth-order valence-electron chi connectivity index (χ4n) is 2.58. The Bertz CT molecular complexity index is 695. The average molecular weight is 345 g/mol.